The van der Waals surface area contributed by atoms with E-state index in [4.69, 9.17) is 0 Å². The molecule has 0 aromatic heterocycles. The molecule has 0 aliphatic heterocycles. The Morgan fingerprint density at radius 2 is 1.68 bits per heavy atom. The third kappa shape index (κ3) is 3.53. The standard InChI is InChI=1S/C22H26N2O3S/c1-15-3-11-20(12-4-15)28(26,27)24(2)19-9-7-17(8-10-19)22(25)23-21-14-16-5-6-18(21)13-16/h3-4,7-12,16,18,21H,5-6,13-14H2,1-2H3,(H,23,25)/t16-,18+,21-/m1/s1. The third-order valence-corrected chi connectivity index (χ3v) is 8.03. The van der Waals surface area contributed by atoms with Gasteiger partial charge in [0.25, 0.3) is 15.9 Å². The monoisotopic (exact) mass is 398 g/mol. The van der Waals surface area contributed by atoms with Gasteiger partial charge in [-0.25, -0.2) is 8.42 Å². The molecule has 4 rings (SSSR count). The number of carbonyl (C=O) groups excluding carboxylic acids is 1. The first kappa shape index (κ1) is 19.0. The fourth-order valence-electron chi connectivity index (χ4n) is 4.50. The van der Waals surface area contributed by atoms with Crippen molar-refractivity contribution in [2.75, 3.05) is 11.4 Å². The molecule has 6 heteroatoms. The smallest absolute Gasteiger partial charge is 0.264 e. The summed E-state index contributed by atoms with van der Waals surface area (Å²) < 4.78 is 26.9. The Labute approximate surface area is 166 Å². The number of amides is 1. The van der Waals surface area contributed by atoms with Crippen LogP contribution in [-0.2, 0) is 10.0 Å². The highest BCUT2D eigenvalue weighted by Crippen LogP contribution is 2.44. The van der Waals surface area contributed by atoms with Crippen LogP contribution in [0.25, 0.3) is 0 Å². The molecule has 1 amide bonds. The zero-order chi connectivity index (χ0) is 19.9. The van der Waals surface area contributed by atoms with Gasteiger partial charge in [-0.3, -0.25) is 9.10 Å². The molecule has 2 aromatic carbocycles. The summed E-state index contributed by atoms with van der Waals surface area (Å²) in [5.41, 5.74) is 2.09. The SMILES string of the molecule is Cc1ccc(S(=O)(=O)N(C)c2ccc(C(=O)N[C@@H]3C[C@@H]4CC[C@H]3C4)cc2)cc1. The van der Waals surface area contributed by atoms with Gasteiger partial charge < -0.3 is 5.32 Å². The van der Waals surface area contributed by atoms with Gasteiger partial charge in [-0.05, 0) is 74.4 Å². The van der Waals surface area contributed by atoms with E-state index in [-0.39, 0.29) is 16.8 Å². The molecule has 2 bridgehead atoms. The normalized spacial score (nSPS) is 23.6. The molecule has 5 nitrogen and oxygen atoms in total. The highest BCUT2D eigenvalue weighted by atomic mass is 32.2. The average Bonchev–Trinajstić information content (AvgIpc) is 3.31. The van der Waals surface area contributed by atoms with Crippen LogP contribution in [0.3, 0.4) is 0 Å². The Balaban J connectivity index is 1.46. The molecule has 0 unspecified atom stereocenters. The van der Waals surface area contributed by atoms with E-state index in [0.29, 0.717) is 17.2 Å². The van der Waals surface area contributed by atoms with Crippen LogP contribution in [0.15, 0.2) is 53.4 Å². The van der Waals surface area contributed by atoms with E-state index in [1.807, 2.05) is 6.92 Å². The molecule has 2 aliphatic rings. The highest BCUT2D eigenvalue weighted by Gasteiger charge is 2.40. The largest absolute Gasteiger partial charge is 0.349 e. The van der Waals surface area contributed by atoms with Crippen molar-refractivity contribution in [3.05, 3.63) is 59.7 Å². The second-order valence-electron chi connectivity index (χ2n) is 8.09. The maximum Gasteiger partial charge on any atom is 0.264 e. The molecule has 0 spiro atoms. The van der Waals surface area contributed by atoms with Crippen molar-refractivity contribution in [2.24, 2.45) is 11.8 Å². The van der Waals surface area contributed by atoms with E-state index >= 15 is 0 Å². The molecule has 2 saturated carbocycles. The summed E-state index contributed by atoms with van der Waals surface area (Å²) >= 11 is 0. The first-order valence-corrected chi connectivity index (χ1v) is 11.2. The van der Waals surface area contributed by atoms with Gasteiger partial charge in [0.1, 0.15) is 0 Å². The van der Waals surface area contributed by atoms with Crippen LogP contribution in [0.4, 0.5) is 5.69 Å². The number of benzene rings is 2. The zero-order valence-electron chi connectivity index (χ0n) is 16.3. The van der Waals surface area contributed by atoms with Crippen LogP contribution in [0.1, 0.15) is 41.6 Å². The number of fused-ring (bicyclic) bond motifs is 2. The topological polar surface area (TPSA) is 66.5 Å². The summed E-state index contributed by atoms with van der Waals surface area (Å²) in [5.74, 6) is 1.32. The molecule has 28 heavy (non-hydrogen) atoms. The van der Waals surface area contributed by atoms with E-state index in [1.165, 1.54) is 30.6 Å². The van der Waals surface area contributed by atoms with Gasteiger partial charge in [0, 0.05) is 18.7 Å². The zero-order valence-corrected chi connectivity index (χ0v) is 17.1. The predicted molar refractivity (Wildman–Crippen MR) is 110 cm³/mol. The van der Waals surface area contributed by atoms with Gasteiger partial charge in [-0.15, -0.1) is 0 Å². The molecule has 2 aromatic rings. The molecule has 0 radical (unpaired) electrons. The van der Waals surface area contributed by atoms with Crippen molar-refractivity contribution < 1.29 is 13.2 Å². The molecular weight excluding hydrogens is 372 g/mol. The number of anilines is 1. The molecule has 1 N–H and O–H groups in total. The molecule has 2 aliphatic carbocycles. The summed E-state index contributed by atoms with van der Waals surface area (Å²) in [5, 5.41) is 3.17. The predicted octanol–water partition coefficient (Wildman–Crippen LogP) is 3.74. The number of hydrogen-bond acceptors (Lipinski definition) is 3. The Morgan fingerprint density at radius 3 is 2.25 bits per heavy atom. The minimum atomic E-state index is -3.63. The Bertz CT molecular complexity index is 968. The lowest BCUT2D eigenvalue weighted by Gasteiger charge is -2.23. The molecular formula is C22H26N2O3S. The van der Waals surface area contributed by atoms with E-state index in [1.54, 1.807) is 48.5 Å². The first-order valence-electron chi connectivity index (χ1n) is 9.81. The average molecular weight is 399 g/mol. The molecule has 0 saturated heterocycles. The number of carbonyl (C=O) groups is 1. The van der Waals surface area contributed by atoms with Crippen molar-refractivity contribution >= 4 is 21.6 Å². The number of aryl methyl sites for hydroxylation is 1. The quantitative estimate of drug-likeness (QED) is 0.834. The summed E-state index contributed by atoms with van der Waals surface area (Å²) in [4.78, 5) is 12.8. The fraction of sp³-hybridized carbons (Fsp3) is 0.409. The van der Waals surface area contributed by atoms with E-state index in [0.717, 1.165) is 17.9 Å². The molecule has 3 atom stereocenters. The lowest BCUT2D eigenvalue weighted by atomic mass is 9.95. The van der Waals surface area contributed by atoms with Gasteiger partial charge in [-0.1, -0.05) is 24.1 Å². The lowest BCUT2D eigenvalue weighted by molar-refractivity contribution is 0.0923. The van der Waals surface area contributed by atoms with Crippen molar-refractivity contribution in [2.45, 2.75) is 43.5 Å². The van der Waals surface area contributed by atoms with Gasteiger partial charge in [0.15, 0.2) is 0 Å². The van der Waals surface area contributed by atoms with Crippen LogP contribution in [0.2, 0.25) is 0 Å². The highest BCUT2D eigenvalue weighted by molar-refractivity contribution is 7.92. The van der Waals surface area contributed by atoms with Crippen molar-refractivity contribution in [1.82, 2.24) is 5.32 Å². The van der Waals surface area contributed by atoms with Gasteiger partial charge >= 0.3 is 0 Å². The summed E-state index contributed by atoms with van der Waals surface area (Å²) in [6.07, 6.45) is 4.85. The Morgan fingerprint density at radius 1 is 1.00 bits per heavy atom. The van der Waals surface area contributed by atoms with Gasteiger partial charge in [-0.2, -0.15) is 0 Å². The van der Waals surface area contributed by atoms with Crippen LogP contribution >= 0.6 is 0 Å². The van der Waals surface area contributed by atoms with Crippen molar-refractivity contribution in [1.29, 1.82) is 0 Å². The number of nitrogens with zero attached hydrogens (tertiary/aromatic N) is 1. The number of hydrogen-bond donors (Lipinski definition) is 1. The Hall–Kier alpha value is -2.34. The van der Waals surface area contributed by atoms with Crippen molar-refractivity contribution in [3.8, 4) is 0 Å². The van der Waals surface area contributed by atoms with Crippen LogP contribution in [0, 0.1) is 18.8 Å². The maximum atomic E-state index is 12.8. The fourth-order valence-corrected chi connectivity index (χ4v) is 5.70. The summed E-state index contributed by atoms with van der Waals surface area (Å²) in [6.45, 7) is 1.92. The summed E-state index contributed by atoms with van der Waals surface area (Å²) in [7, 11) is -2.11. The minimum Gasteiger partial charge on any atom is -0.349 e. The number of sulfonamides is 1. The minimum absolute atomic E-state index is 0.0758. The van der Waals surface area contributed by atoms with Gasteiger partial charge in [0.05, 0.1) is 10.6 Å². The van der Waals surface area contributed by atoms with E-state index in [2.05, 4.69) is 5.32 Å². The second-order valence-corrected chi connectivity index (χ2v) is 10.1. The third-order valence-electron chi connectivity index (χ3n) is 6.23. The van der Waals surface area contributed by atoms with Crippen molar-refractivity contribution in [3.63, 3.8) is 0 Å². The van der Waals surface area contributed by atoms with Crippen LogP contribution < -0.4 is 9.62 Å². The summed E-state index contributed by atoms with van der Waals surface area (Å²) in [6, 6.07) is 13.8. The first-order chi connectivity index (χ1) is 13.3. The second kappa shape index (κ2) is 7.24. The maximum absolute atomic E-state index is 12.8. The number of rotatable bonds is 5. The van der Waals surface area contributed by atoms with E-state index in [9.17, 15) is 13.2 Å². The van der Waals surface area contributed by atoms with Crippen LogP contribution in [-0.4, -0.2) is 27.4 Å². The lowest BCUT2D eigenvalue weighted by Crippen LogP contribution is -2.38. The molecule has 2 fully saturated rings. The number of nitrogens with one attached hydrogen (secondary N) is 1. The molecule has 148 valence electrons. The van der Waals surface area contributed by atoms with Crippen LogP contribution in [0.5, 0.6) is 0 Å². The molecule has 0 heterocycles. The Kier molecular flexibility index (Phi) is 4.91. The van der Waals surface area contributed by atoms with E-state index < -0.39 is 10.0 Å². The van der Waals surface area contributed by atoms with Gasteiger partial charge in [0.2, 0.25) is 0 Å².